The quantitative estimate of drug-likeness (QED) is 0.659. The van der Waals surface area contributed by atoms with Crippen LogP contribution in [0.2, 0.25) is 0 Å². The van der Waals surface area contributed by atoms with E-state index >= 15 is 0 Å². The van der Waals surface area contributed by atoms with Crippen molar-refractivity contribution in [3.8, 4) is 0 Å². The Bertz CT molecular complexity index is 264. The molecule has 0 aliphatic rings. The van der Waals surface area contributed by atoms with Crippen LogP contribution in [0.25, 0.3) is 0 Å². The van der Waals surface area contributed by atoms with E-state index in [9.17, 15) is 0 Å². The molecule has 3 nitrogen and oxygen atoms in total. The molecule has 0 aliphatic heterocycles. The summed E-state index contributed by atoms with van der Waals surface area (Å²) in [6.07, 6.45) is 2.60. The first-order valence-corrected chi connectivity index (χ1v) is 5.90. The molecule has 0 bridgehead atoms. The van der Waals surface area contributed by atoms with Gasteiger partial charge in [0.1, 0.15) is 0 Å². The van der Waals surface area contributed by atoms with Crippen molar-refractivity contribution in [1.29, 1.82) is 0 Å². The predicted molar refractivity (Wildman–Crippen MR) is 66.7 cm³/mol. The molecule has 90 valence electrons. The lowest BCUT2D eigenvalue weighted by atomic mass is 10.2. The van der Waals surface area contributed by atoms with Crippen LogP contribution in [0.5, 0.6) is 0 Å². The van der Waals surface area contributed by atoms with Crippen molar-refractivity contribution in [2.45, 2.75) is 19.3 Å². The highest BCUT2D eigenvalue weighted by molar-refractivity contribution is 5.45. The van der Waals surface area contributed by atoms with Gasteiger partial charge < -0.3 is 15.1 Å². The number of benzene rings is 1. The number of nitrogens with zero attached hydrogens (tertiary/aromatic N) is 1. The van der Waals surface area contributed by atoms with Crippen molar-refractivity contribution in [3.63, 3.8) is 0 Å². The molecule has 0 heterocycles. The van der Waals surface area contributed by atoms with Crippen molar-refractivity contribution in [1.82, 2.24) is 0 Å². The lowest BCUT2D eigenvalue weighted by Crippen LogP contribution is -2.26. The van der Waals surface area contributed by atoms with E-state index in [4.69, 9.17) is 10.2 Å². The molecule has 1 aromatic rings. The fourth-order valence-corrected chi connectivity index (χ4v) is 1.68. The Morgan fingerprint density at radius 3 is 2.06 bits per heavy atom. The van der Waals surface area contributed by atoms with Gasteiger partial charge in [0.15, 0.2) is 0 Å². The zero-order valence-electron chi connectivity index (χ0n) is 9.68. The second-order valence-corrected chi connectivity index (χ2v) is 3.83. The summed E-state index contributed by atoms with van der Waals surface area (Å²) in [5.41, 5.74) is 1.19. The van der Waals surface area contributed by atoms with Gasteiger partial charge in [-0.1, -0.05) is 18.2 Å². The van der Waals surface area contributed by atoms with Gasteiger partial charge in [0.2, 0.25) is 0 Å². The topological polar surface area (TPSA) is 43.7 Å². The minimum absolute atomic E-state index is 0.226. The summed E-state index contributed by atoms with van der Waals surface area (Å²) in [6.45, 7) is 2.28. The summed E-state index contributed by atoms with van der Waals surface area (Å²) in [5.74, 6) is 0. The first kappa shape index (κ1) is 13.0. The van der Waals surface area contributed by atoms with Crippen LogP contribution in [-0.4, -0.2) is 36.5 Å². The molecule has 0 saturated heterocycles. The second-order valence-electron chi connectivity index (χ2n) is 3.83. The number of anilines is 1. The van der Waals surface area contributed by atoms with Gasteiger partial charge >= 0.3 is 0 Å². The SMILES string of the molecule is OCCCCN(CCCO)c1ccccc1. The Hall–Kier alpha value is -1.06. The number of hydrogen-bond acceptors (Lipinski definition) is 3. The summed E-state index contributed by atoms with van der Waals surface area (Å²) < 4.78 is 0. The summed E-state index contributed by atoms with van der Waals surface area (Å²) in [5, 5.41) is 17.6. The van der Waals surface area contributed by atoms with Crippen molar-refractivity contribution in [3.05, 3.63) is 30.3 Å². The Morgan fingerprint density at radius 2 is 1.44 bits per heavy atom. The van der Waals surface area contributed by atoms with Crippen LogP contribution in [0.15, 0.2) is 30.3 Å². The zero-order chi connectivity index (χ0) is 11.6. The van der Waals surface area contributed by atoms with Crippen LogP contribution < -0.4 is 4.90 Å². The number of hydrogen-bond donors (Lipinski definition) is 2. The molecule has 0 atom stereocenters. The van der Waals surface area contributed by atoms with E-state index in [-0.39, 0.29) is 13.2 Å². The Balaban J connectivity index is 2.49. The standard InChI is InChI=1S/C13H21NO2/c15-11-5-4-9-14(10-6-12-16)13-7-2-1-3-8-13/h1-3,7-8,15-16H,4-6,9-12H2. The fourth-order valence-electron chi connectivity index (χ4n) is 1.68. The Labute approximate surface area is 97.3 Å². The fraction of sp³-hybridized carbons (Fsp3) is 0.538. The molecule has 16 heavy (non-hydrogen) atoms. The Morgan fingerprint density at radius 1 is 0.812 bits per heavy atom. The first-order chi connectivity index (χ1) is 7.88. The van der Waals surface area contributed by atoms with Gasteiger partial charge in [0, 0.05) is 32.0 Å². The Kier molecular flexibility index (Phi) is 6.61. The third-order valence-electron chi connectivity index (χ3n) is 2.54. The second kappa shape index (κ2) is 8.13. The molecule has 0 aromatic heterocycles. The van der Waals surface area contributed by atoms with Gasteiger partial charge in [-0.25, -0.2) is 0 Å². The number of aliphatic hydroxyl groups is 2. The van der Waals surface area contributed by atoms with Gasteiger partial charge in [-0.05, 0) is 31.4 Å². The molecular formula is C13H21NO2. The molecule has 3 heteroatoms. The van der Waals surface area contributed by atoms with E-state index in [0.717, 1.165) is 32.4 Å². The molecule has 0 fully saturated rings. The largest absolute Gasteiger partial charge is 0.396 e. The third-order valence-corrected chi connectivity index (χ3v) is 2.54. The molecule has 0 unspecified atom stereocenters. The lowest BCUT2D eigenvalue weighted by Gasteiger charge is -2.24. The number of aliphatic hydroxyl groups excluding tert-OH is 2. The highest BCUT2D eigenvalue weighted by Gasteiger charge is 2.04. The van der Waals surface area contributed by atoms with Crippen molar-refractivity contribution >= 4 is 5.69 Å². The number of para-hydroxylation sites is 1. The summed E-state index contributed by atoms with van der Waals surface area (Å²) in [4.78, 5) is 2.26. The highest BCUT2D eigenvalue weighted by atomic mass is 16.3. The zero-order valence-corrected chi connectivity index (χ0v) is 9.68. The molecule has 0 spiro atoms. The molecule has 0 aliphatic carbocycles. The molecule has 0 amide bonds. The summed E-state index contributed by atoms with van der Waals surface area (Å²) >= 11 is 0. The molecular weight excluding hydrogens is 202 g/mol. The average molecular weight is 223 g/mol. The average Bonchev–Trinajstić information content (AvgIpc) is 2.35. The lowest BCUT2D eigenvalue weighted by molar-refractivity contribution is 0.281. The smallest absolute Gasteiger partial charge is 0.0447 e. The maximum absolute atomic E-state index is 8.87. The van der Waals surface area contributed by atoms with Crippen LogP contribution in [0.4, 0.5) is 5.69 Å². The van der Waals surface area contributed by atoms with Crippen molar-refractivity contribution < 1.29 is 10.2 Å². The van der Waals surface area contributed by atoms with E-state index in [1.165, 1.54) is 5.69 Å². The number of unbranched alkanes of at least 4 members (excludes halogenated alkanes) is 1. The molecule has 1 aromatic carbocycles. The van der Waals surface area contributed by atoms with Crippen molar-refractivity contribution in [2.75, 3.05) is 31.2 Å². The van der Waals surface area contributed by atoms with E-state index < -0.39 is 0 Å². The van der Waals surface area contributed by atoms with Gasteiger partial charge in [0.25, 0.3) is 0 Å². The highest BCUT2D eigenvalue weighted by Crippen LogP contribution is 2.14. The van der Waals surface area contributed by atoms with Crippen LogP contribution >= 0.6 is 0 Å². The molecule has 1 rings (SSSR count). The number of rotatable bonds is 8. The summed E-state index contributed by atoms with van der Waals surface area (Å²) in [6, 6.07) is 10.2. The van der Waals surface area contributed by atoms with E-state index in [2.05, 4.69) is 17.0 Å². The maximum Gasteiger partial charge on any atom is 0.0447 e. The predicted octanol–water partition coefficient (Wildman–Crippen LogP) is 1.65. The van der Waals surface area contributed by atoms with Crippen molar-refractivity contribution in [2.24, 2.45) is 0 Å². The monoisotopic (exact) mass is 223 g/mol. The van der Waals surface area contributed by atoms with Gasteiger partial charge in [-0.2, -0.15) is 0 Å². The van der Waals surface area contributed by atoms with Gasteiger partial charge in [-0.3, -0.25) is 0 Å². The third kappa shape index (κ3) is 4.64. The van der Waals surface area contributed by atoms with Crippen LogP contribution in [0.1, 0.15) is 19.3 Å². The van der Waals surface area contributed by atoms with E-state index in [1.54, 1.807) is 0 Å². The van der Waals surface area contributed by atoms with Crippen LogP contribution in [0, 0.1) is 0 Å². The maximum atomic E-state index is 8.87. The minimum atomic E-state index is 0.226. The van der Waals surface area contributed by atoms with Gasteiger partial charge in [0.05, 0.1) is 0 Å². The van der Waals surface area contributed by atoms with Crippen LogP contribution in [0.3, 0.4) is 0 Å². The first-order valence-electron chi connectivity index (χ1n) is 5.90. The molecule has 0 radical (unpaired) electrons. The van der Waals surface area contributed by atoms with E-state index in [1.807, 2.05) is 18.2 Å². The van der Waals surface area contributed by atoms with Crippen LogP contribution in [-0.2, 0) is 0 Å². The van der Waals surface area contributed by atoms with Gasteiger partial charge in [-0.15, -0.1) is 0 Å². The minimum Gasteiger partial charge on any atom is -0.396 e. The molecule has 0 saturated carbocycles. The summed E-state index contributed by atoms with van der Waals surface area (Å²) in [7, 11) is 0. The normalized spacial score (nSPS) is 10.4. The molecule has 2 N–H and O–H groups in total. The van der Waals surface area contributed by atoms with E-state index in [0.29, 0.717) is 0 Å².